The van der Waals surface area contributed by atoms with E-state index in [2.05, 4.69) is 66.9 Å². The number of ether oxygens (including phenoxy) is 1. The van der Waals surface area contributed by atoms with Crippen LogP contribution in [0.4, 0.5) is 0 Å². The summed E-state index contributed by atoms with van der Waals surface area (Å²) >= 11 is 0.180. The summed E-state index contributed by atoms with van der Waals surface area (Å²) in [5.74, 6) is 1.45. The van der Waals surface area contributed by atoms with E-state index in [0.29, 0.717) is 5.92 Å². The number of rotatable bonds is 5. The van der Waals surface area contributed by atoms with E-state index in [9.17, 15) is 0 Å². The molecule has 0 unspecified atom stereocenters. The molecule has 1 aliphatic carbocycles. The second kappa shape index (κ2) is 8.37. The minimum atomic E-state index is -0.00513. The van der Waals surface area contributed by atoms with Gasteiger partial charge in [0.25, 0.3) is 0 Å². The van der Waals surface area contributed by atoms with Crippen molar-refractivity contribution in [3.63, 3.8) is 0 Å². The third-order valence-electron chi connectivity index (χ3n) is 5.58. The van der Waals surface area contributed by atoms with Crippen LogP contribution in [0.25, 0.3) is 11.3 Å². The molecule has 0 aliphatic heterocycles. The van der Waals surface area contributed by atoms with Gasteiger partial charge in [-0.05, 0) is 0 Å². The summed E-state index contributed by atoms with van der Waals surface area (Å²) in [7, 11) is 1.71. The van der Waals surface area contributed by atoms with Crippen molar-refractivity contribution in [1.29, 1.82) is 0 Å². The van der Waals surface area contributed by atoms with Gasteiger partial charge in [0.1, 0.15) is 0 Å². The van der Waals surface area contributed by atoms with E-state index in [-0.39, 0.29) is 35.4 Å². The van der Waals surface area contributed by atoms with E-state index in [1.165, 1.54) is 26.6 Å². The van der Waals surface area contributed by atoms with Crippen molar-refractivity contribution in [1.82, 2.24) is 18.4 Å². The Kier molecular flexibility index (Phi) is 5.47. The minimum absolute atomic E-state index is 0.00513. The number of aryl methyl sites for hydroxylation is 1. The Morgan fingerprint density at radius 2 is 1.76 bits per heavy atom. The average molecular weight is 514 g/mol. The molecule has 2 aromatic heterocycles. The summed E-state index contributed by atoms with van der Waals surface area (Å²) in [6, 6.07) is 18.9. The molecule has 2 atom stereocenters. The van der Waals surface area contributed by atoms with Crippen LogP contribution in [-0.4, -0.2) is 55.0 Å². The number of hydrogen-bond acceptors (Lipinski definition) is 5. The molecule has 2 aromatic carbocycles. The molecule has 0 saturated carbocycles. The van der Waals surface area contributed by atoms with Gasteiger partial charge in [-0.15, -0.1) is 0 Å². The quantitative estimate of drug-likeness (QED) is 0.383. The Morgan fingerprint density at radius 3 is 2.55 bits per heavy atom. The Hall–Kier alpha value is -2.04. The van der Waals surface area contributed by atoms with Gasteiger partial charge in [-0.25, -0.2) is 0 Å². The topological polar surface area (TPSA) is 60.8 Å². The molecule has 2 heterocycles. The van der Waals surface area contributed by atoms with Crippen LogP contribution in [0.3, 0.4) is 0 Å². The number of aromatic nitrogens is 4. The molecule has 0 saturated heterocycles. The molecule has 1 aliphatic rings. The van der Waals surface area contributed by atoms with Gasteiger partial charge in [0.15, 0.2) is 0 Å². The maximum absolute atomic E-state index is 5.39. The molecular weight excluding hydrogens is 494 g/mol. The van der Waals surface area contributed by atoms with Crippen LogP contribution in [0, 0.1) is 0 Å². The molecule has 29 heavy (non-hydrogen) atoms. The maximum atomic E-state index is 5.39. The first-order chi connectivity index (χ1) is 14.3. The van der Waals surface area contributed by atoms with Gasteiger partial charge in [0, 0.05) is 0 Å². The van der Waals surface area contributed by atoms with Crippen LogP contribution in [0.1, 0.15) is 44.8 Å². The molecule has 0 bridgehead atoms. The number of hydrogen-bond donors (Lipinski definition) is 0. The zero-order valence-corrected chi connectivity index (χ0v) is 19.4. The summed E-state index contributed by atoms with van der Waals surface area (Å²) in [5, 5.41) is 9.21. The second-order valence-corrected chi connectivity index (χ2v) is 10.6. The first-order valence-corrected chi connectivity index (χ1v) is 12.9. The van der Waals surface area contributed by atoms with Gasteiger partial charge < -0.3 is 0 Å². The Labute approximate surface area is 182 Å². The fourth-order valence-corrected chi connectivity index (χ4v) is 7.59. The van der Waals surface area contributed by atoms with Crippen LogP contribution in [0.15, 0.2) is 54.6 Å². The number of nitrogens with zero attached hydrogens (tertiary/aromatic N) is 4. The van der Waals surface area contributed by atoms with Crippen molar-refractivity contribution in [2.45, 2.75) is 31.1 Å². The molecule has 5 nitrogen and oxygen atoms in total. The van der Waals surface area contributed by atoms with Crippen molar-refractivity contribution < 1.29 is 4.74 Å². The molecule has 5 rings (SSSR count). The number of fused-ring (bicyclic) bond motifs is 1. The Balaban J connectivity index is 1.66. The van der Waals surface area contributed by atoms with Crippen LogP contribution < -0.4 is 4.74 Å². The van der Waals surface area contributed by atoms with E-state index in [1.54, 1.807) is 7.11 Å². The van der Waals surface area contributed by atoms with E-state index in [0.717, 1.165) is 29.8 Å². The Bertz CT molecular complexity index is 1090. The van der Waals surface area contributed by atoms with Gasteiger partial charge in [-0.1, -0.05) is 0 Å². The second-order valence-electron chi connectivity index (χ2n) is 7.18. The zero-order valence-electron chi connectivity index (χ0n) is 16.0. The van der Waals surface area contributed by atoms with Crippen LogP contribution in [0.5, 0.6) is 5.75 Å². The summed E-state index contributed by atoms with van der Waals surface area (Å²) in [4.78, 5) is 0. The van der Waals surface area contributed by atoms with Crippen molar-refractivity contribution in [2.24, 2.45) is 0 Å². The molecule has 0 fully saturated rings. The average Bonchev–Trinajstić information content (AvgIpc) is 3.45. The van der Waals surface area contributed by atoms with E-state index < -0.39 is 0 Å². The fourth-order valence-electron chi connectivity index (χ4n) is 4.19. The summed E-state index contributed by atoms with van der Waals surface area (Å²) in [6.07, 6.45) is 3.49. The standard InChI is InChI=1S/C22H20N4OSe2/c1-27-16-12-10-14(11-13-16)19(17-8-5-9-18-21(17)24-25-28-18)22-20(23-26-29-22)15-6-3-2-4-7-15/h2-4,6-7,10-13,17,19H,5,8-9H2,1H3/t17-,19-/m0/s1. The molecule has 0 spiro atoms. The summed E-state index contributed by atoms with van der Waals surface area (Å²) in [5.41, 5.74) is 4.71. The third-order valence-corrected chi connectivity index (χ3v) is 8.94. The normalized spacial score (nSPS) is 16.9. The van der Waals surface area contributed by atoms with Crippen LogP contribution >= 0.6 is 0 Å². The molecule has 0 radical (unpaired) electrons. The van der Waals surface area contributed by atoms with Gasteiger partial charge in [-0.2, -0.15) is 0 Å². The summed E-state index contributed by atoms with van der Waals surface area (Å²) < 4.78 is 17.2. The van der Waals surface area contributed by atoms with Crippen molar-refractivity contribution >= 4 is 29.5 Å². The van der Waals surface area contributed by atoms with E-state index in [1.807, 2.05) is 6.07 Å². The van der Waals surface area contributed by atoms with Gasteiger partial charge in [0.05, 0.1) is 0 Å². The monoisotopic (exact) mass is 516 g/mol. The van der Waals surface area contributed by atoms with Crippen molar-refractivity contribution in [3.05, 3.63) is 74.7 Å². The van der Waals surface area contributed by atoms with Gasteiger partial charge in [-0.3, -0.25) is 0 Å². The van der Waals surface area contributed by atoms with Gasteiger partial charge >= 0.3 is 183 Å². The first kappa shape index (κ1) is 19.0. The molecular formula is C22H20N4OSe2. The summed E-state index contributed by atoms with van der Waals surface area (Å²) in [6.45, 7) is 0. The predicted octanol–water partition coefficient (Wildman–Crippen LogP) is 3.31. The Morgan fingerprint density at radius 1 is 0.966 bits per heavy atom. The first-order valence-electron chi connectivity index (χ1n) is 9.68. The zero-order chi connectivity index (χ0) is 19.6. The molecule has 146 valence electrons. The van der Waals surface area contributed by atoms with Crippen molar-refractivity contribution in [3.8, 4) is 17.0 Å². The predicted molar refractivity (Wildman–Crippen MR) is 114 cm³/mol. The third kappa shape index (κ3) is 3.64. The fraction of sp³-hybridized carbons (Fsp3) is 0.273. The molecule has 7 heteroatoms. The van der Waals surface area contributed by atoms with Gasteiger partial charge in [0.2, 0.25) is 0 Å². The van der Waals surface area contributed by atoms with Crippen LogP contribution in [-0.2, 0) is 6.42 Å². The number of methoxy groups -OCH3 is 1. The molecule has 0 amide bonds. The van der Waals surface area contributed by atoms with Crippen LogP contribution in [0.2, 0.25) is 0 Å². The molecule has 4 aromatic rings. The number of benzene rings is 2. The molecule has 0 N–H and O–H groups in total. The SMILES string of the molecule is COc1ccc([C@H](c2[se]nnc2-c2ccccc2)[C@@H]2CCCc3[se]nnc32)cc1. The van der Waals surface area contributed by atoms with E-state index >= 15 is 0 Å². The van der Waals surface area contributed by atoms with E-state index in [4.69, 9.17) is 4.74 Å². The van der Waals surface area contributed by atoms with Crippen molar-refractivity contribution in [2.75, 3.05) is 7.11 Å².